The van der Waals surface area contributed by atoms with E-state index in [4.69, 9.17) is 0 Å². The van der Waals surface area contributed by atoms with Crippen molar-refractivity contribution in [3.8, 4) is 0 Å². The Labute approximate surface area is 107 Å². The maximum absolute atomic E-state index is 3.62. The van der Waals surface area contributed by atoms with Gasteiger partial charge in [-0.25, -0.2) is 0 Å². The SMILES string of the molecule is CCC(CBr)CN1c2ccccc2CC1C. The largest absolute Gasteiger partial charge is 0.368 e. The van der Waals surface area contributed by atoms with E-state index in [-0.39, 0.29) is 0 Å². The third kappa shape index (κ3) is 2.27. The number of anilines is 1. The van der Waals surface area contributed by atoms with Gasteiger partial charge in [-0.1, -0.05) is 47.5 Å². The molecule has 0 saturated carbocycles. The summed E-state index contributed by atoms with van der Waals surface area (Å²) in [6.45, 7) is 5.79. The molecule has 0 aromatic heterocycles. The zero-order valence-electron chi connectivity index (χ0n) is 10.1. The van der Waals surface area contributed by atoms with Crippen LogP contribution in [0, 0.1) is 5.92 Å². The molecule has 1 aromatic carbocycles. The Morgan fingerprint density at radius 3 is 2.88 bits per heavy atom. The highest BCUT2D eigenvalue weighted by molar-refractivity contribution is 9.09. The Bertz CT molecular complexity index is 346. The molecule has 2 unspecified atom stereocenters. The van der Waals surface area contributed by atoms with Crippen LogP contribution in [0.2, 0.25) is 0 Å². The van der Waals surface area contributed by atoms with Crippen molar-refractivity contribution in [2.75, 3.05) is 16.8 Å². The summed E-state index contributed by atoms with van der Waals surface area (Å²) in [5.41, 5.74) is 2.97. The molecule has 2 heteroatoms. The summed E-state index contributed by atoms with van der Waals surface area (Å²) in [4.78, 5) is 2.57. The first kappa shape index (κ1) is 12.0. The van der Waals surface area contributed by atoms with E-state index in [9.17, 15) is 0 Å². The first-order valence-corrected chi connectivity index (χ1v) is 7.29. The van der Waals surface area contributed by atoms with Crippen molar-refractivity contribution >= 4 is 21.6 Å². The van der Waals surface area contributed by atoms with Crippen molar-refractivity contribution in [2.45, 2.75) is 32.7 Å². The van der Waals surface area contributed by atoms with Gasteiger partial charge in [0, 0.05) is 23.6 Å². The summed E-state index contributed by atoms with van der Waals surface area (Å²) in [5.74, 6) is 0.758. The van der Waals surface area contributed by atoms with E-state index in [2.05, 4.69) is 58.9 Å². The van der Waals surface area contributed by atoms with Gasteiger partial charge in [-0.15, -0.1) is 0 Å². The van der Waals surface area contributed by atoms with Crippen molar-refractivity contribution < 1.29 is 0 Å². The highest BCUT2D eigenvalue weighted by Gasteiger charge is 2.26. The first-order chi connectivity index (χ1) is 7.76. The molecule has 0 N–H and O–H groups in total. The van der Waals surface area contributed by atoms with E-state index in [0.717, 1.165) is 11.2 Å². The van der Waals surface area contributed by atoms with E-state index >= 15 is 0 Å². The van der Waals surface area contributed by atoms with Gasteiger partial charge in [-0.2, -0.15) is 0 Å². The standard InChI is InChI=1S/C14H20BrN/c1-3-12(9-15)10-16-11(2)8-13-6-4-5-7-14(13)16/h4-7,11-12H,3,8-10H2,1-2H3. The van der Waals surface area contributed by atoms with Crippen LogP contribution in [0.4, 0.5) is 5.69 Å². The topological polar surface area (TPSA) is 3.24 Å². The number of para-hydroxylation sites is 1. The minimum Gasteiger partial charge on any atom is -0.368 e. The van der Waals surface area contributed by atoms with Crippen molar-refractivity contribution in [2.24, 2.45) is 5.92 Å². The average Bonchev–Trinajstić information content (AvgIpc) is 2.62. The second-order valence-electron chi connectivity index (χ2n) is 4.76. The summed E-state index contributed by atoms with van der Waals surface area (Å²) in [6, 6.07) is 9.49. The van der Waals surface area contributed by atoms with Gasteiger partial charge in [0.25, 0.3) is 0 Å². The molecule has 88 valence electrons. The lowest BCUT2D eigenvalue weighted by Crippen LogP contribution is -2.34. The zero-order valence-corrected chi connectivity index (χ0v) is 11.7. The molecule has 0 aliphatic carbocycles. The molecule has 16 heavy (non-hydrogen) atoms. The number of rotatable bonds is 4. The molecule has 0 spiro atoms. The van der Waals surface area contributed by atoms with Crippen molar-refractivity contribution in [3.05, 3.63) is 29.8 Å². The molecule has 0 fully saturated rings. The van der Waals surface area contributed by atoms with Gasteiger partial charge in [0.1, 0.15) is 0 Å². The Morgan fingerprint density at radius 2 is 2.19 bits per heavy atom. The lowest BCUT2D eigenvalue weighted by atomic mass is 10.1. The van der Waals surface area contributed by atoms with Gasteiger partial charge in [0.05, 0.1) is 0 Å². The molecule has 0 radical (unpaired) electrons. The van der Waals surface area contributed by atoms with Gasteiger partial charge in [0.15, 0.2) is 0 Å². The third-order valence-corrected chi connectivity index (χ3v) is 4.51. The minimum absolute atomic E-state index is 0.658. The smallest absolute Gasteiger partial charge is 0.0402 e. The molecular weight excluding hydrogens is 262 g/mol. The summed E-state index contributed by atoms with van der Waals surface area (Å²) in [6.07, 6.45) is 2.45. The fourth-order valence-corrected chi connectivity index (χ4v) is 3.14. The molecule has 1 nitrogen and oxygen atoms in total. The summed E-state index contributed by atoms with van der Waals surface area (Å²) < 4.78 is 0. The Kier molecular flexibility index (Phi) is 3.91. The van der Waals surface area contributed by atoms with Crippen molar-refractivity contribution in [1.82, 2.24) is 0 Å². The summed E-state index contributed by atoms with van der Waals surface area (Å²) >= 11 is 3.62. The quantitative estimate of drug-likeness (QED) is 0.758. The fourth-order valence-electron chi connectivity index (χ4n) is 2.47. The number of hydrogen-bond acceptors (Lipinski definition) is 1. The molecule has 1 aromatic rings. The highest BCUT2D eigenvalue weighted by atomic mass is 79.9. The summed E-state index contributed by atoms with van der Waals surface area (Å²) in [7, 11) is 0. The van der Waals surface area contributed by atoms with Crippen molar-refractivity contribution in [3.63, 3.8) is 0 Å². The van der Waals surface area contributed by atoms with Gasteiger partial charge in [0.2, 0.25) is 0 Å². The average molecular weight is 282 g/mol. The number of benzene rings is 1. The normalized spacial score (nSPS) is 20.9. The van der Waals surface area contributed by atoms with Gasteiger partial charge in [-0.3, -0.25) is 0 Å². The molecule has 1 aliphatic heterocycles. The van der Waals surface area contributed by atoms with Crippen LogP contribution >= 0.6 is 15.9 Å². The molecule has 0 amide bonds. The highest BCUT2D eigenvalue weighted by Crippen LogP contribution is 2.32. The number of nitrogens with zero attached hydrogens (tertiary/aromatic N) is 1. The maximum Gasteiger partial charge on any atom is 0.0402 e. The first-order valence-electron chi connectivity index (χ1n) is 6.16. The zero-order chi connectivity index (χ0) is 11.5. The van der Waals surface area contributed by atoms with Gasteiger partial charge in [-0.05, 0) is 30.9 Å². The van der Waals surface area contributed by atoms with E-state index in [1.807, 2.05) is 0 Å². The van der Waals surface area contributed by atoms with Crippen LogP contribution in [0.1, 0.15) is 25.8 Å². The lowest BCUT2D eigenvalue weighted by molar-refractivity contribution is 0.529. The number of halogens is 1. The molecule has 1 heterocycles. The van der Waals surface area contributed by atoms with Crippen LogP contribution in [-0.2, 0) is 6.42 Å². The van der Waals surface area contributed by atoms with Crippen LogP contribution in [-0.4, -0.2) is 17.9 Å². The second kappa shape index (κ2) is 5.22. The number of fused-ring (bicyclic) bond motifs is 1. The fraction of sp³-hybridized carbons (Fsp3) is 0.571. The van der Waals surface area contributed by atoms with Gasteiger partial charge >= 0.3 is 0 Å². The lowest BCUT2D eigenvalue weighted by Gasteiger charge is -2.28. The van der Waals surface area contributed by atoms with Crippen LogP contribution < -0.4 is 4.90 Å². The van der Waals surface area contributed by atoms with Crippen LogP contribution in [0.5, 0.6) is 0 Å². The minimum atomic E-state index is 0.658. The Hall–Kier alpha value is -0.500. The molecule has 1 aliphatic rings. The van der Waals surface area contributed by atoms with Crippen LogP contribution in [0.25, 0.3) is 0 Å². The number of alkyl halides is 1. The van der Waals surface area contributed by atoms with E-state index in [1.54, 1.807) is 0 Å². The predicted molar refractivity (Wildman–Crippen MR) is 74.5 cm³/mol. The van der Waals surface area contributed by atoms with E-state index < -0.39 is 0 Å². The van der Waals surface area contributed by atoms with Gasteiger partial charge < -0.3 is 4.90 Å². The van der Waals surface area contributed by atoms with Crippen LogP contribution in [0.15, 0.2) is 24.3 Å². The Balaban J connectivity index is 2.15. The molecular formula is C14H20BrN. The third-order valence-electron chi connectivity index (χ3n) is 3.60. The maximum atomic E-state index is 3.62. The monoisotopic (exact) mass is 281 g/mol. The van der Waals surface area contributed by atoms with E-state index in [0.29, 0.717) is 6.04 Å². The summed E-state index contributed by atoms with van der Waals surface area (Å²) in [5, 5.41) is 1.11. The molecule has 2 atom stereocenters. The van der Waals surface area contributed by atoms with Crippen molar-refractivity contribution in [1.29, 1.82) is 0 Å². The van der Waals surface area contributed by atoms with E-state index in [1.165, 1.54) is 30.6 Å². The predicted octanol–water partition coefficient (Wildman–Crippen LogP) is 3.86. The van der Waals surface area contributed by atoms with Crippen LogP contribution in [0.3, 0.4) is 0 Å². The second-order valence-corrected chi connectivity index (χ2v) is 5.41. The molecule has 2 rings (SSSR count). The molecule has 0 saturated heterocycles. The molecule has 0 bridgehead atoms. The number of hydrogen-bond donors (Lipinski definition) is 0. The Morgan fingerprint density at radius 1 is 1.44 bits per heavy atom.